The number of fused-ring (bicyclic) bond motifs is 1. The summed E-state index contributed by atoms with van der Waals surface area (Å²) in [5, 5.41) is 10.7. The van der Waals surface area contributed by atoms with Crippen molar-refractivity contribution in [3.63, 3.8) is 0 Å². The van der Waals surface area contributed by atoms with Crippen LogP contribution >= 0.6 is 0 Å². The molecule has 2 heterocycles. The highest BCUT2D eigenvalue weighted by Crippen LogP contribution is 2.33. The van der Waals surface area contributed by atoms with E-state index in [4.69, 9.17) is 0 Å². The van der Waals surface area contributed by atoms with Crippen LogP contribution in [0.5, 0.6) is 0 Å². The number of hydrogen-bond acceptors (Lipinski definition) is 3. The van der Waals surface area contributed by atoms with E-state index in [2.05, 4.69) is 11.9 Å². The first-order chi connectivity index (χ1) is 10.1. The molecule has 1 aliphatic heterocycles. The van der Waals surface area contributed by atoms with Crippen molar-refractivity contribution >= 4 is 17.3 Å². The van der Waals surface area contributed by atoms with Crippen molar-refractivity contribution < 1.29 is 9.72 Å². The molecule has 0 radical (unpaired) electrons. The van der Waals surface area contributed by atoms with Crippen LogP contribution in [0.15, 0.2) is 30.5 Å². The first kappa shape index (κ1) is 13.4. The van der Waals surface area contributed by atoms with Crippen molar-refractivity contribution in [3.8, 4) is 0 Å². The van der Waals surface area contributed by atoms with Crippen molar-refractivity contribution in [1.29, 1.82) is 0 Å². The number of para-hydroxylation sites is 1. The number of carbonyl (C=O) groups excluding carboxylic acids is 1. The highest BCUT2D eigenvalue weighted by atomic mass is 16.6. The van der Waals surface area contributed by atoms with E-state index in [0.717, 1.165) is 29.7 Å². The molecule has 0 aliphatic carbocycles. The molecule has 3 rings (SSSR count). The Bertz CT molecular complexity index is 721. The van der Waals surface area contributed by atoms with Gasteiger partial charge in [-0.2, -0.15) is 0 Å². The van der Waals surface area contributed by atoms with Crippen molar-refractivity contribution in [2.24, 2.45) is 0 Å². The Hall–Kier alpha value is -2.63. The fraction of sp³-hybridized carbons (Fsp3) is 0.267. The van der Waals surface area contributed by atoms with Gasteiger partial charge in [0.25, 0.3) is 11.6 Å². The average Bonchev–Trinajstić information content (AvgIpc) is 3.13. The van der Waals surface area contributed by atoms with Crippen LogP contribution in [0, 0.1) is 10.1 Å². The van der Waals surface area contributed by atoms with E-state index in [1.165, 1.54) is 12.3 Å². The van der Waals surface area contributed by atoms with E-state index in [1.807, 2.05) is 18.2 Å². The summed E-state index contributed by atoms with van der Waals surface area (Å²) in [7, 11) is 0. The third-order valence-corrected chi connectivity index (χ3v) is 3.81. The normalized spacial score (nSPS) is 13.3. The number of benzene rings is 1. The molecule has 2 aromatic rings. The molecule has 1 aromatic carbocycles. The van der Waals surface area contributed by atoms with E-state index >= 15 is 0 Å². The fourth-order valence-electron chi connectivity index (χ4n) is 2.78. The summed E-state index contributed by atoms with van der Waals surface area (Å²) in [4.78, 5) is 27.2. The average molecular weight is 285 g/mol. The van der Waals surface area contributed by atoms with Crippen LogP contribution in [0.2, 0.25) is 0 Å². The highest BCUT2D eigenvalue weighted by molar-refractivity contribution is 6.07. The van der Waals surface area contributed by atoms with E-state index in [0.29, 0.717) is 6.54 Å². The van der Waals surface area contributed by atoms with Crippen LogP contribution in [0.4, 0.5) is 11.4 Å². The van der Waals surface area contributed by atoms with Crippen molar-refractivity contribution in [2.75, 3.05) is 11.4 Å². The molecule has 108 valence electrons. The third-order valence-electron chi connectivity index (χ3n) is 3.81. The van der Waals surface area contributed by atoms with Crippen molar-refractivity contribution in [2.45, 2.75) is 19.8 Å². The molecule has 0 unspecified atom stereocenters. The van der Waals surface area contributed by atoms with E-state index in [-0.39, 0.29) is 17.3 Å². The van der Waals surface area contributed by atoms with Crippen LogP contribution in [-0.2, 0) is 12.8 Å². The molecule has 0 atom stereocenters. The maximum atomic E-state index is 12.6. The molecule has 1 aliphatic rings. The predicted molar refractivity (Wildman–Crippen MR) is 78.6 cm³/mol. The summed E-state index contributed by atoms with van der Waals surface area (Å²) >= 11 is 0. The third kappa shape index (κ3) is 2.18. The van der Waals surface area contributed by atoms with Crippen LogP contribution in [0.1, 0.15) is 28.5 Å². The van der Waals surface area contributed by atoms with E-state index in [1.54, 1.807) is 4.90 Å². The minimum Gasteiger partial charge on any atom is -0.351 e. The van der Waals surface area contributed by atoms with Gasteiger partial charge in [0.1, 0.15) is 5.69 Å². The van der Waals surface area contributed by atoms with Crippen LogP contribution in [-0.4, -0.2) is 22.4 Å². The first-order valence-corrected chi connectivity index (χ1v) is 6.87. The van der Waals surface area contributed by atoms with Gasteiger partial charge in [-0.05, 0) is 24.0 Å². The Kier molecular flexibility index (Phi) is 3.21. The number of rotatable bonds is 3. The zero-order chi connectivity index (χ0) is 15.0. The smallest absolute Gasteiger partial charge is 0.287 e. The molecule has 1 amide bonds. The molecule has 0 saturated heterocycles. The van der Waals surface area contributed by atoms with Gasteiger partial charge in [0, 0.05) is 12.6 Å². The highest BCUT2D eigenvalue weighted by Gasteiger charge is 2.29. The summed E-state index contributed by atoms with van der Waals surface area (Å²) < 4.78 is 0. The number of hydrogen-bond donors (Lipinski definition) is 1. The lowest BCUT2D eigenvalue weighted by molar-refractivity contribution is -0.384. The topological polar surface area (TPSA) is 79.2 Å². The standard InChI is InChI=1S/C15H15N3O3/c1-2-10-4-3-5-11-6-7-17(14(10)11)15(19)13-8-12(9-16-13)18(20)21/h3-5,8-9,16H,2,6-7H2,1H3. The fourth-order valence-corrected chi connectivity index (χ4v) is 2.78. The lowest BCUT2D eigenvalue weighted by Gasteiger charge is -2.19. The SMILES string of the molecule is CCc1cccc2c1N(C(=O)c1cc([N+](=O)[O-])c[nH]1)CC2. The maximum absolute atomic E-state index is 12.6. The Labute approximate surface area is 121 Å². The molecule has 0 bridgehead atoms. The van der Waals surface area contributed by atoms with Crippen LogP contribution in [0.3, 0.4) is 0 Å². The molecule has 0 saturated carbocycles. The van der Waals surface area contributed by atoms with Gasteiger partial charge in [0.05, 0.1) is 16.8 Å². The second-order valence-electron chi connectivity index (χ2n) is 5.01. The molecular weight excluding hydrogens is 270 g/mol. The predicted octanol–water partition coefficient (Wildman–Crippen LogP) is 2.69. The molecule has 0 spiro atoms. The minimum atomic E-state index is -0.511. The Morgan fingerprint density at radius 1 is 1.48 bits per heavy atom. The lowest BCUT2D eigenvalue weighted by atomic mass is 10.1. The Morgan fingerprint density at radius 2 is 2.29 bits per heavy atom. The minimum absolute atomic E-state index is 0.0958. The number of H-pyrrole nitrogens is 1. The van der Waals surface area contributed by atoms with Gasteiger partial charge in [-0.1, -0.05) is 25.1 Å². The summed E-state index contributed by atoms with van der Waals surface area (Å²) in [6, 6.07) is 7.33. The Balaban J connectivity index is 1.96. The van der Waals surface area contributed by atoms with Crippen LogP contribution in [0.25, 0.3) is 0 Å². The number of amides is 1. The van der Waals surface area contributed by atoms with Crippen molar-refractivity contribution in [1.82, 2.24) is 4.98 Å². The quantitative estimate of drug-likeness (QED) is 0.695. The van der Waals surface area contributed by atoms with Crippen LogP contribution < -0.4 is 4.90 Å². The summed E-state index contributed by atoms with van der Waals surface area (Å²) in [5.74, 6) is -0.220. The van der Waals surface area contributed by atoms with Gasteiger partial charge < -0.3 is 9.88 Å². The molecule has 21 heavy (non-hydrogen) atoms. The second-order valence-corrected chi connectivity index (χ2v) is 5.01. The zero-order valence-corrected chi connectivity index (χ0v) is 11.6. The number of nitrogens with one attached hydrogen (secondary N) is 1. The first-order valence-electron chi connectivity index (χ1n) is 6.87. The maximum Gasteiger partial charge on any atom is 0.287 e. The van der Waals surface area contributed by atoms with Gasteiger partial charge in [-0.25, -0.2) is 0 Å². The van der Waals surface area contributed by atoms with Gasteiger partial charge in [0.2, 0.25) is 0 Å². The van der Waals surface area contributed by atoms with E-state index < -0.39 is 4.92 Å². The monoisotopic (exact) mass is 285 g/mol. The molecule has 0 fully saturated rings. The number of nitro groups is 1. The summed E-state index contributed by atoms with van der Waals surface area (Å²) in [5.41, 5.74) is 3.40. The Morgan fingerprint density at radius 3 is 2.95 bits per heavy atom. The van der Waals surface area contributed by atoms with Gasteiger partial charge >= 0.3 is 0 Å². The number of aromatic nitrogens is 1. The molecule has 6 nitrogen and oxygen atoms in total. The molecule has 6 heteroatoms. The van der Waals surface area contributed by atoms with Gasteiger partial charge in [0.15, 0.2) is 0 Å². The largest absolute Gasteiger partial charge is 0.351 e. The summed E-state index contributed by atoms with van der Waals surface area (Å²) in [6.45, 7) is 2.66. The number of aryl methyl sites for hydroxylation is 1. The lowest BCUT2D eigenvalue weighted by Crippen LogP contribution is -2.29. The molecule has 1 N–H and O–H groups in total. The van der Waals surface area contributed by atoms with Gasteiger partial charge in [-0.15, -0.1) is 0 Å². The van der Waals surface area contributed by atoms with E-state index in [9.17, 15) is 14.9 Å². The number of carbonyl (C=O) groups is 1. The van der Waals surface area contributed by atoms with Crippen molar-refractivity contribution in [3.05, 3.63) is 57.4 Å². The summed E-state index contributed by atoms with van der Waals surface area (Å²) in [6.07, 6.45) is 2.91. The number of aromatic amines is 1. The molecule has 1 aromatic heterocycles. The number of anilines is 1. The second kappa shape index (κ2) is 5.05. The zero-order valence-electron chi connectivity index (χ0n) is 11.6. The van der Waals surface area contributed by atoms with Gasteiger partial charge in [-0.3, -0.25) is 14.9 Å². The number of nitrogens with zero attached hydrogens (tertiary/aromatic N) is 2. The molecular formula is C15H15N3O3.